The second kappa shape index (κ2) is 3.76. The molecule has 3 heteroatoms. The fourth-order valence-electron chi connectivity index (χ4n) is 0.858. The average Bonchev–Trinajstić information content (AvgIpc) is 2.04. The van der Waals surface area contributed by atoms with E-state index in [0.717, 1.165) is 0 Å². The molecule has 12 heavy (non-hydrogen) atoms. The van der Waals surface area contributed by atoms with E-state index >= 15 is 0 Å². The molecule has 0 aromatic heterocycles. The van der Waals surface area contributed by atoms with Gasteiger partial charge in [0.05, 0.1) is 7.11 Å². The lowest BCUT2D eigenvalue weighted by Gasteiger charge is -2.05. The summed E-state index contributed by atoms with van der Waals surface area (Å²) in [5.41, 5.74) is 0. The largest absolute Gasteiger partial charge is 0.493 e. The zero-order chi connectivity index (χ0) is 8.97. The number of methoxy groups -OCH3 is 1. The van der Waals surface area contributed by atoms with E-state index < -0.39 is 0 Å². The third kappa shape index (κ3) is 1.99. The molecule has 1 aromatic carbocycles. The van der Waals surface area contributed by atoms with E-state index in [1.165, 1.54) is 14.0 Å². The monoisotopic (exact) mass is 168 g/mol. The summed E-state index contributed by atoms with van der Waals surface area (Å²) in [6.07, 6.45) is 0. The Bertz CT molecular complexity index is 281. The molecule has 0 N–H and O–H groups in total. The van der Waals surface area contributed by atoms with Gasteiger partial charge in [0, 0.05) is 6.92 Å². The zero-order valence-electron chi connectivity index (χ0n) is 7.03. The van der Waals surface area contributed by atoms with E-state index in [1.54, 1.807) is 18.2 Å². The summed E-state index contributed by atoms with van der Waals surface area (Å²) >= 11 is 0. The first-order valence-corrected chi connectivity index (χ1v) is 3.55. The van der Waals surface area contributed by atoms with Crippen LogP contribution in [-0.4, -0.2) is 13.1 Å². The number of esters is 1. The number of hydrogen-bond acceptors (Lipinski definition) is 3. The molecule has 0 aliphatic carbocycles. The van der Waals surface area contributed by atoms with Gasteiger partial charge in [-0.3, -0.25) is 4.79 Å². The van der Waals surface area contributed by atoms with Crippen molar-refractivity contribution in [1.29, 1.82) is 0 Å². The predicted octanol–water partition coefficient (Wildman–Crippen LogP) is 1.62. The fourth-order valence-corrected chi connectivity index (χ4v) is 0.858. The maximum absolute atomic E-state index is 10.6. The number of benzene rings is 1. The SMILES string of the molecule is COc1ccccc1O[14C](C)=O. The Morgan fingerprint density at radius 3 is 2.33 bits per heavy atom. The van der Waals surface area contributed by atoms with Gasteiger partial charge in [-0.2, -0.15) is 0 Å². The standard InChI is InChI=1S/C9H10O3/c1-7(10)12-9-6-4-3-5-8(9)11-2/h3-6H,1-2H3/i7+2. The van der Waals surface area contributed by atoms with E-state index in [2.05, 4.69) is 0 Å². The normalized spacial score (nSPS) is 9.17. The van der Waals surface area contributed by atoms with Crippen LogP contribution in [0.3, 0.4) is 0 Å². The van der Waals surface area contributed by atoms with Crippen molar-refractivity contribution in [1.82, 2.24) is 0 Å². The number of para-hydroxylation sites is 2. The Balaban J connectivity index is 2.89. The summed E-state index contributed by atoms with van der Waals surface area (Å²) in [6.45, 7) is 1.35. The molecule has 0 spiro atoms. The Labute approximate surface area is 70.9 Å². The van der Waals surface area contributed by atoms with Crippen LogP contribution in [-0.2, 0) is 4.79 Å². The zero-order valence-corrected chi connectivity index (χ0v) is 7.03. The predicted molar refractivity (Wildman–Crippen MR) is 44.3 cm³/mol. The lowest BCUT2D eigenvalue weighted by atomic mass is 10.3. The highest BCUT2D eigenvalue weighted by Gasteiger charge is 2.03. The van der Waals surface area contributed by atoms with Crippen molar-refractivity contribution >= 4 is 5.97 Å². The molecule has 0 aliphatic heterocycles. The van der Waals surface area contributed by atoms with Crippen molar-refractivity contribution in [2.75, 3.05) is 7.11 Å². The van der Waals surface area contributed by atoms with Crippen LogP contribution < -0.4 is 9.47 Å². The van der Waals surface area contributed by atoms with E-state index in [-0.39, 0.29) is 5.97 Å². The van der Waals surface area contributed by atoms with Crippen molar-refractivity contribution in [2.24, 2.45) is 0 Å². The Hall–Kier alpha value is -1.51. The molecular formula is C9H10O3. The second-order valence-corrected chi connectivity index (χ2v) is 2.24. The molecule has 0 atom stereocenters. The van der Waals surface area contributed by atoms with Gasteiger partial charge in [-0.15, -0.1) is 0 Å². The number of ether oxygens (including phenoxy) is 2. The van der Waals surface area contributed by atoms with Crippen LogP contribution in [0.4, 0.5) is 0 Å². The smallest absolute Gasteiger partial charge is 0.308 e. The Kier molecular flexibility index (Phi) is 2.69. The highest BCUT2D eigenvalue weighted by molar-refractivity contribution is 5.70. The Morgan fingerprint density at radius 1 is 1.25 bits per heavy atom. The third-order valence-electron chi connectivity index (χ3n) is 1.32. The third-order valence-corrected chi connectivity index (χ3v) is 1.32. The molecule has 0 heterocycles. The van der Waals surface area contributed by atoms with E-state index in [0.29, 0.717) is 11.5 Å². The molecule has 0 saturated carbocycles. The van der Waals surface area contributed by atoms with Gasteiger partial charge in [0.25, 0.3) is 0 Å². The molecule has 3 nitrogen and oxygen atoms in total. The lowest BCUT2D eigenvalue weighted by Crippen LogP contribution is -2.02. The molecule has 0 aliphatic rings. The second-order valence-electron chi connectivity index (χ2n) is 2.24. The number of carbonyl (C=O) groups excluding carboxylic acids is 1. The number of rotatable bonds is 2. The fraction of sp³-hybridized carbons (Fsp3) is 0.222. The number of hydrogen-bond donors (Lipinski definition) is 0. The molecule has 64 valence electrons. The molecule has 0 saturated heterocycles. The van der Waals surface area contributed by atoms with Crippen LogP contribution in [0, 0.1) is 0 Å². The molecule has 0 fully saturated rings. The van der Waals surface area contributed by atoms with Crippen molar-refractivity contribution in [3.05, 3.63) is 24.3 Å². The van der Waals surface area contributed by atoms with Crippen LogP contribution in [0.15, 0.2) is 24.3 Å². The minimum absolute atomic E-state index is 0.348. The highest BCUT2D eigenvalue weighted by Crippen LogP contribution is 2.25. The van der Waals surface area contributed by atoms with Gasteiger partial charge >= 0.3 is 5.97 Å². The van der Waals surface area contributed by atoms with Crippen molar-refractivity contribution in [3.63, 3.8) is 0 Å². The van der Waals surface area contributed by atoms with E-state index in [9.17, 15) is 4.79 Å². The highest BCUT2D eigenvalue weighted by atomic mass is 16.8. The van der Waals surface area contributed by atoms with Gasteiger partial charge in [-0.25, -0.2) is 0 Å². The number of carbonyl (C=O) groups is 1. The molecule has 1 aromatic rings. The van der Waals surface area contributed by atoms with Gasteiger partial charge in [-0.1, -0.05) is 12.1 Å². The maximum Gasteiger partial charge on any atom is 0.308 e. The van der Waals surface area contributed by atoms with Crippen molar-refractivity contribution in [3.8, 4) is 11.5 Å². The summed E-state index contributed by atoms with van der Waals surface area (Å²) in [7, 11) is 1.53. The van der Waals surface area contributed by atoms with Crippen LogP contribution >= 0.6 is 0 Å². The minimum atomic E-state index is -0.348. The van der Waals surface area contributed by atoms with E-state index in [4.69, 9.17) is 9.47 Å². The topological polar surface area (TPSA) is 35.5 Å². The van der Waals surface area contributed by atoms with E-state index in [1.807, 2.05) is 6.07 Å². The summed E-state index contributed by atoms with van der Waals surface area (Å²) in [4.78, 5) is 10.6. The molecular weight excluding hydrogens is 158 g/mol. The van der Waals surface area contributed by atoms with Crippen LogP contribution in [0.2, 0.25) is 0 Å². The summed E-state index contributed by atoms with van der Waals surface area (Å²) in [5.74, 6) is 0.666. The minimum Gasteiger partial charge on any atom is -0.493 e. The van der Waals surface area contributed by atoms with Gasteiger partial charge in [-0.05, 0) is 12.1 Å². The van der Waals surface area contributed by atoms with Crippen LogP contribution in [0.1, 0.15) is 6.92 Å². The molecule has 0 unspecified atom stereocenters. The molecule has 1 rings (SSSR count). The summed E-state index contributed by atoms with van der Waals surface area (Å²) in [5, 5.41) is 0. The lowest BCUT2D eigenvalue weighted by molar-refractivity contribution is -0.132. The average molecular weight is 168 g/mol. The summed E-state index contributed by atoms with van der Waals surface area (Å²) in [6, 6.07) is 7.01. The first-order chi connectivity index (χ1) is 5.74. The van der Waals surface area contributed by atoms with Crippen molar-refractivity contribution in [2.45, 2.75) is 6.92 Å². The first kappa shape index (κ1) is 8.59. The van der Waals surface area contributed by atoms with Gasteiger partial charge in [0.1, 0.15) is 0 Å². The molecule has 0 bridgehead atoms. The maximum atomic E-state index is 10.6. The van der Waals surface area contributed by atoms with Crippen LogP contribution in [0.5, 0.6) is 11.5 Å². The van der Waals surface area contributed by atoms with Gasteiger partial charge in [0.2, 0.25) is 0 Å². The molecule has 0 amide bonds. The quantitative estimate of drug-likeness (QED) is 0.497. The summed E-state index contributed by atoms with van der Waals surface area (Å²) < 4.78 is 9.84. The first-order valence-electron chi connectivity index (χ1n) is 3.55. The molecule has 0 radical (unpaired) electrons. The Morgan fingerprint density at radius 2 is 1.83 bits per heavy atom. The van der Waals surface area contributed by atoms with Gasteiger partial charge < -0.3 is 9.47 Å². The van der Waals surface area contributed by atoms with Crippen molar-refractivity contribution < 1.29 is 14.3 Å². The van der Waals surface area contributed by atoms with Crippen LogP contribution in [0.25, 0.3) is 0 Å². The van der Waals surface area contributed by atoms with Gasteiger partial charge in [0.15, 0.2) is 11.5 Å².